The van der Waals surface area contributed by atoms with Crippen molar-refractivity contribution in [2.24, 2.45) is 0 Å². The smallest absolute Gasteiger partial charge is 0.338 e. The van der Waals surface area contributed by atoms with E-state index in [-0.39, 0.29) is 18.6 Å². The second-order valence-electron chi connectivity index (χ2n) is 4.67. The van der Waals surface area contributed by atoms with Gasteiger partial charge in [0.05, 0.1) is 5.56 Å². The fourth-order valence-electron chi connectivity index (χ4n) is 1.67. The van der Waals surface area contributed by atoms with Crippen LogP contribution in [0.25, 0.3) is 0 Å². The zero-order valence-corrected chi connectivity index (χ0v) is 11.2. The maximum absolute atomic E-state index is 11.7. The van der Waals surface area contributed by atoms with Crippen molar-refractivity contribution < 1.29 is 14.3 Å². The van der Waals surface area contributed by atoms with Crippen molar-refractivity contribution in [3.05, 3.63) is 34.9 Å². The Balaban J connectivity index is 2.58. The molecule has 1 N–H and O–H groups in total. The van der Waals surface area contributed by atoms with Gasteiger partial charge in [-0.3, -0.25) is 4.79 Å². The molecule has 0 radical (unpaired) electrons. The molecule has 1 aromatic rings. The third-order valence-electron chi connectivity index (χ3n) is 2.24. The molecule has 0 bridgehead atoms. The predicted octanol–water partition coefficient (Wildman–Crippen LogP) is 1.98. The highest BCUT2D eigenvalue weighted by Gasteiger charge is 2.11. The van der Waals surface area contributed by atoms with Crippen LogP contribution < -0.4 is 5.32 Å². The first-order chi connectivity index (χ1) is 8.38. The second-order valence-corrected chi connectivity index (χ2v) is 4.67. The lowest BCUT2D eigenvalue weighted by Crippen LogP contribution is -2.34. The lowest BCUT2D eigenvalue weighted by Gasteiger charge is -2.09. The third kappa shape index (κ3) is 4.57. The van der Waals surface area contributed by atoms with E-state index in [2.05, 4.69) is 5.32 Å². The molecule has 0 aliphatic heterocycles. The molecule has 1 aromatic carbocycles. The highest BCUT2D eigenvalue weighted by molar-refractivity contribution is 5.91. The van der Waals surface area contributed by atoms with Crippen LogP contribution in [0.5, 0.6) is 0 Å². The average Bonchev–Trinajstić information content (AvgIpc) is 2.23. The van der Waals surface area contributed by atoms with Crippen molar-refractivity contribution in [1.29, 1.82) is 0 Å². The molecular formula is C14H19NO3. The summed E-state index contributed by atoms with van der Waals surface area (Å²) in [5.41, 5.74) is 2.46. The van der Waals surface area contributed by atoms with Gasteiger partial charge >= 0.3 is 5.97 Å². The van der Waals surface area contributed by atoms with Gasteiger partial charge in [-0.25, -0.2) is 4.79 Å². The Morgan fingerprint density at radius 1 is 1.17 bits per heavy atom. The summed E-state index contributed by atoms with van der Waals surface area (Å²) in [4.78, 5) is 23.1. The molecule has 0 unspecified atom stereocenters. The Labute approximate surface area is 107 Å². The van der Waals surface area contributed by atoms with Crippen LogP contribution in [0.15, 0.2) is 18.2 Å². The number of carbonyl (C=O) groups is 2. The first-order valence-electron chi connectivity index (χ1n) is 5.93. The lowest BCUT2D eigenvalue weighted by atomic mass is 10.1. The summed E-state index contributed by atoms with van der Waals surface area (Å²) in [7, 11) is 0. The van der Waals surface area contributed by atoms with Gasteiger partial charge in [-0.1, -0.05) is 17.2 Å². The van der Waals surface area contributed by atoms with E-state index in [1.807, 2.05) is 33.8 Å². The van der Waals surface area contributed by atoms with E-state index in [4.69, 9.17) is 4.74 Å². The average molecular weight is 249 g/mol. The van der Waals surface area contributed by atoms with E-state index >= 15 is 0 Å². The molecule has 0 aliphatic carbocycles. The van der Waals surface area contributed by atoms with Crippen molar-refractivity contribution >= 4 is 11.9 Å². The van der Waals surface area contributed by atoms with Gasteiger partial charge in [-0.2, -0.15) is 0 Å². The van der Waals surface area contributed by atoms with Gasteiger partial charge in [0.1, 0.15) is 0 Å². The maximum Gasteiger partial charge on any atom is 0.338 e. The number of rotatable bonds is 4. The summed E-state index contributed by atoms with van der Waals surface area (Å²) in [6.45, 7) is 7.28. The van der Waals surface area contributed by atoms with Crippen LogP contribution in [0, 0.1) is 13.8 Å². The van der Waals surface area contributed by atoms with Crippen LogP contribution in [0.3, 0.4) is 0 Å². The van der Waals surface area contributed by atoms with E-state index in [1.54, 1.807) is 12.1 Å². The fraction of sp³-hybridized carbons (Fsp3) is 0.429. The van der Waals surface area contributed by atoms with Gasteiger partial charge in [0, 0.05) is 6.04 Å². The van der Waals surface area contributed by atoms with Gasteiger partial charge < -0.3 is 10.1 Å². The number of ether oxygens (including phenoxy) is 1. The van der Waals surface area contributed by atoms with E-state index in [1.165, 1.54) is 0 Å². The van der Waals surface area contributed by atoms with Gasteiger partial charge in [-0.15, -0.1) is 0 Å². The first-order valence-corrected chi connectivity index (χ1v) is 5.93. The van der Waals surface area contributed by atoms with E-state index in [0.717, 1.165) is 11.1 Å². The van der Waals surface area contributed by atoms with E-state index in [0.29, 0.717) is 5.56 Å². The van der Waals surface area contributed by atoms with Crippen molar-refractivity contribution in [2.75, 3.05) is 6.61 Å². The van der Waals surface area contributed by atoms with Crippen LogP contribution in [-0.4, -0.2) is 24.5 Å². The molecule has 18 heavy (non-hydrogen) atoms. The summed E-state index contributed by atoms with van der Waals surface area (Å²) in [5.74, 6) is -0.761. The Hall–Kier alpha value is -1.84. The Kier molecular flexibility index (Phi) is 4.89. The number of carbonyl (C=O) groups excluding carboxylic acids is 2. The molecule has 0 fully saturated rings. The summed E-state index contributed by atoms with van der Waals surface area (Å²) < 4.78 is 4.95. The molecule has 0 atom stereocenters. The molecule has 0 aromatic heterocycles. The number of benzene rings is 1. The number of amides is 1. The zero-order valence-electron chi connectivity index (χ0n) is 11.2. The topological polar surface area (TPSA) is 55.4 Å². The number of hydrogen-bond donors (Lipinski definition) is 1. The Morgan fingerprint density at radius 2 is 1.72 bits per heavy atom. The molecule has 0 saturated heterocycles. The molecule has 1 amide bonds. The van der Waals surface area contributed by atoms with Gasteiger partial charge in [-0.05, 0) is 39.8 Å². The number of hydrogen-bond acceptors (Lipinski definition) is 3. The molecule has 1 rings (SSSR count). The SMILES string of the molecule is Cc1cc(C)cc(C(=O)OCC(=O)NC(C)C)c1. The minimum Gasteiger partial charge on any atom is -0.452 e. The minimum atomic E-state index is -0.472. The minimum absolute atomic E-state index is 0.0393. The molecule has 0 saturated carbocycles. The first kappa shape index (κ1) is 14.2. The summed E-state index contributed by atoms with van der Waals surface area (Å²) >= 11 is 0. The van der Waals surface area contributed by atoms with E-state index in [9.17, 15) is 9.59 Å². The standard InChI is InChI=1S/C14H19NO3/c1-9(2)15-13(16)8-18-14(17)12-6-10(3)5-11(4)7-12/h5-7,9H,8H2,1-4H3,(H,15,16). The predicted molar refractivity (Wildman–Crippen MR) is 69.5 cm³/mol. The van der Waals surface area contributed by atoms with Crippen LogP contribution in [0.4, 0.5) is 0 Å². The lowest BCUT2D eigenvalue weighted by molar-refractivity contribution is -0.124. The quantitative estimate of drug-likeness (QED) is 0.830. The molecule has 0 heterocycles. The molecular weight excluding hydrogens is 230 g/mol. The van der Waals surface area contributed by atoms with Crippen molar-refractivity contribution in [1.82, 2.24) is 5.32 Å². The molecule has 4 nitrogen and oxygen atoms in total. The maximum atomic E-state index is 11.7. The van der Waals surface area contributed by atoms with Crippen LogP contribution in [0.2, 0.25) is 0 Å². The largest absolute Gasteiger partial charge is 0.452 e. The third-order valence-corrected chi connectivity index (χ3v) is 2.24. The number of esters is 1. The van der Waals surface area contributed by atoms with Crippen molar-refractivity contribution in [2.45, 2.75) is 33.7 Å². The van der Waals surface area contributed by atoms with Crippen LogP contribution in [0.1, 0.15) is 35.3 Å². The summed E-state index contributed by atoms with van der Waals surface area (Å²) in [6.07, 6.45) is 0. The second kappa shape index (κ2) is 6.19. The highest BCUT2D eigenvalue weighted by atomic mass is 16.5. The summed E-state index contributed by atoms with van der Waals surface area (Å²) in [5, 5.41) is 2.66. The van der Waals surface area contributed by atoms with Crippen LogP contribution in [-0.2, 0) is 9.53 Å². The van der Waals surface area contributed by atoms with Gasteiger partial charge in [0.25, 0.3) is 5.91 Å². The van der Waals surface area contributed by atoms with Gasteiger partial charge in [0.2, 0.25) is 0 Å². The Bertz CT molecular complexity index is 432. The monoisotopic (exact) mass is 249 g/mol. The zero-order chi connectivity index (χ0) is 13.7. The Morgan fingerprint density at radius 3 is 2.22 bits per heavy atom. The van der Waals surface area contributed by atoms with Crippen molar-refractivity contribution in [3.63, 3.8) is 0 Å². The number of nitrogens with one attached hydrogen (secondary N) is 1. The molecule has 98 valence electrons. The summed E-state index contributed by atoms with van der Waals surface area (Å²) in [6, 6.07) is 5.51. The number of aryl methyl sites for hydroxylation is 2. The highest BCUT2D eigenvalue weighted by Crippen LogP contribution is 2.09. The van der Waals surface area contributed by atoms with Gasteiger partial charge in [0.15, 0.2) is 6.61 Å². The molecule has 4 heteroatoms. The van der Waals surface area contributed by atoms with Crippen molar-refractivity contribution in [3.8, 4) is 0 Å². The molecule has 0 spiro atoms. The fourth-order valence-corrected chi connectivity index (χ4v) is 1.67. The normalized spacial score (nSPS) is 10.3. The molecule has 0 aliphatic rings. The van der Waals surface area contributed by atoms with Crippen LogP contribution >= 0.6 is 0 Å². The van der Waals surface area contributed by atoms with E-state index < -0.39 is 5.97 Å².